The monoisotopic (exact) mass is 725 g/mol. The molecule has 7 atom stereocenters. The number of anilines is 2. The highest BCUT2D eigenvalue weighted by Gasteiger charge is 2.69. The number of nitrogens with zero attached hydrogens (tertiary/aromatic N) is 1. The number of aromatic nitrogens is 1. The molecule has 11 nitrogen and oxygen atoms in total. The molecule has 1 saturated heterocycles. The zero-order chi connectivity index (χ0) is 35.4. The number of ether oxygens (including phenoxy) is 3. The third kappa shape index (κ3) is 5.72. The van der Waals surface area contributed by atoms with Gasteiger partial charge in [0.2, 0.25) is 11.8 Å². The minimum atomic E-state index is -0.434. The third-order valence-corrected chi connectivity index (χ3v) is 13.0. The van der Waals surface area contributed by atoms with E-state index in [1.54, 1.807) is 61.2 Å². The molecule has 3 fully saturated rings. The predicted molar refractivity (Wildman–Crippen MR) is 192 cm³/mol. The van der Waals surface area contributed by atoms with E-state index in [4.69, 9.17) is 14.2 Å². The molecule has 51 heavy (non-hydrogen) atoms. The SMILES string of the molecule is CCOC(=O)c1ccc(NC(=O)COc2ccc([C@@H]3c4sc(=O)[nH]c4S[C@@H]4[C@@H]5C[C@@H]([C@@H]6C(=O)N(c7ccccc7)C(=O)[C@@H]56)[C@H]34)cc2OCC)cc1. The van der Waals surface area contributed by atoms with E-state index < -0.39 is 17.8 Å². The Balaban J connectivity index is 1.05. The third-order valence-electron chi connectivity index (χ3n) is 10.4. The summed E-state index contributed by atoms with van der Waals surface area (Å²) in [6, 6.07) is 21.2. The number of H-pyrrole nitrogens is 1. The molecular weight excluding hydrogens is 691 g/mol. The van der Waals surface area contributed by atoms with E-state index >= 15 is 0 Å². The summed E-state index contributed by atoms with van der Waals surface area (Å²) in [5.74, 6) is -1.21. The van der Waals surface area contributed by atoms with Gasteiger partial charge in [0.25, 0.3) is 5.91 Å². The van der Waals surface area contributed by atoms with Gasteiger partial charge in [0.05, 0.1) is 41.3 Å². The number of para-hydroxylation sites is 1. The van der Waals surface area contributed by atoms with E-state index in [9.17, 15) is 24.0 Å². The minimum absolute atomic E-state index is 0.00746. The van der Waals surface area contributed by atoms with Gasteiger partial charge in [-0.05, 0) is 92.1 Å². The molecule has 13 heteroatoms. The molecule has 0 spiro atoms. The molecule has 1 aromatic heterocycles. The first kappa shape index (κ1) is 33.3. The Morgan fingerprint density at radius 2 is 1.63 bits per heavy atom. The van der Waals surface area contributed by atoms with Crippen molar-refractivity contribution in [2.45, 2.75) is 36.5 Å². The van der Waals surface area contributed by atoms with E-state index in [2.05, 4.69) is 10.3 Å². The second kappa shape index (κ2) is 13.3. The van der Waals surface area contributed by atoms with Crippen LogP contribution in [0, 0.1) is 29.6 Å². The van der Waals surface area contributed by atoms with Crippen LogP contribution in [-0.2, 0) is 19.1 Å². The highest BCUT2D eigenvalue weighted by Crippen LogP contribution is 2.68. The molecule has 2 bridgehead atoms. The molecule has 8 rings (SSSR count). The zero-order valence-corrected chi connectivity index (χ0v) is 29.5. The number of amides is 3. The second-order valence-corrected chi connectivity index (χ2v) is 15.3. The number of imide groups is 1. The maximum Gasteiger partial charge on any atom is 0.338 e. The van der Waals surface area contributed by atoms with Gasteiger partial charge in [-0.1, -0.05) is 35.6 Å². The van der Waals surface area contributed by atoms with Crippen molar-refractivity contribution in [3.8, 4) is 11.5 Å². The average Bonchev–Trinajstić information content (AvgIpc) is 3.87. The smallest absolute Gasteiger partial charge is 0.338 e. The molecule has 2 saturated carbocycles. The van der Waals surface area contributed by atoms with E-state index in [1.165, 1.54) is 16.2 Å². The number of fused-ring (bicyclic) bond motifs is 9. The van der Waals surface area contributed by atoms with Crippen LogP contribution >= 0.6 is 23.1 Å². The van der Waals surface area contributed by atoms with Crippen LogP contribution in [0.1, 0.15) is 47.0 Å². The zero-order valence-electron chi connectivity index (χ0n) is 27.8. The Hall–Kier alpha value is -4.88. The highest BCUT2D eigenvalue weighted by atomic mass is 32.2. The van der Waals surface area contributed by atoms with Crippen LogP contribution in [0.4, 0.5) is 11.4 Å². The van der Waals surface area contributed by atoms with Crippen molar-refractivity contribution in [1.29, 1.82) is 0 Å². The number of thioether (sulfide) groups is 1. The van der Waals surface area contributed by atoms with Crippen LogP contribution in [0.5, 0.6) is 11.5 Å². The topological polar surface area (TPSA) is 144 Å². The van der Waals surface area contributed by atoms with Crippen molar-refractivity contribution >= 4 is 58.2 Å². The fourth-order valence-corrected chi connectivity index (χ4v) is 11.5. The molecule has 262 valence electrons. The first-order valence-corrected chi connectivity index (χ1v) is 18.8. The molecule has 0 unspecified atom stereocenters. The van der Waals surface area contributed by atoms with Crippen molar-refractivity contribution in [2.75, 3.05) is 30.0 Å². The van der Waals surface area contributed by atoms with Crippen molar-refractivity contribution in [3.63, 3.8) is 0 Å². The predicted octanol–water partition coefficient (Wildman–Crippen LogP) is 5.71. The number of benzene rings is 3. The summed E-state index contributed by atoms with van der Waals surface area (Å²) < 4.78 is 17.0. The summed E-state index contributed by atoms with van der Waals surface area (Å²) in [5, 5.41) is 3.64. The standard InChI is InChI=1S/C38H35N3O8S2/c1-3-47-26-16-20(12-15-25(26)49-18-27(42)39-21-13-10-19(11-14-21)37(45)48-4-2)28-29-23-17-24(32(29)50-34-33(28)51-38(46)40-34)31-30(23)35(43)41(36(31)44)22-8-6-5-7-9-22/h5-16,23-24,28-32H,3-4,17-18H2,1-2H3,(H,39,42)(H,40,46)/t23-,24-,28+,29-,30+,31+,32-/m1/s1. The van der Waals surface area contributed by atoms with Crippen molar-refractivity contribution in [3.05, 3.63) is 98.5 Å². The van der Waals surface area contributed by atoms with E-state index in [1.807, 2.05) is 37.3 Å². The van der Waals surface area contributed by atoms with Crippen LogP contribution in [0.25, 0.3) is 0 Å². The fourth-order valence-electron chi connectivity index (χ4n) is 8.57. The number of carbonyl (C=O) groups is 4. The van der Waals surface area contributed by atoms with Crippen LogP contribution in [0.2, 0.25) is 0 Å². The van der Waals surface area contributed by atoms with Crippen molar-refractivity contribution in [1.82, 2.24) is 4.98 Å². The first-order chi connectivity index (χ1) is 24.8. The Kier molecular flexibility index (Phi) is 8.71. The maximum atomic E-state index is 14.0. The normalized spacial score (nSPS) is 25.6. The maximum absolute atomic E-state index is 14.0. The molecular formula is C38H35N3O8S2. The molecule has 4 aliphatic rings. The minimum Gasteiger partial charge on any atom is -0.490 e. The molecule has 2 aliphatic carbocycles. The van der Waals surface area contributed by atoms with Gasteiger partial charge in [0.1, 0.15) is 0 Å². The Morgan fingerprint density at radius 3 is 2.35 bits per heavy atom. The van der Waals surface area contributed by atoms with E-state index in [0.717, 1.165) is 21.9 Å². The fraction of sp³-hybridized carbons (Fsp3) is 0.342. The van der Waals surface area contributed by atoms with Crippen molar-refractivity contribution < 1.29 is 33.4 Å². The summed E-state index contributed by atoms with van der Waals surface area (Å²) in [4.78, 5) is 70.6. The van der Waals surface area contributed by atoms with Crippen molar-refractivity contribution in [2.24, 2.45) is 29.6 Å². The van der Waals surface area contributed by atoms with Gasteiger partial charge in [-0.15, -0.1) is 11.8 Å². The molecule has 4 aromatic rings. The largest absolute Gasteiger partial charge is 0.490 e. The number of carbonyl (C=O) groups excluding carboxylic acids is 4. The average molecular weight is 726 g/mol. The number of rotatable bonds is 10. The number of hydrogen-bond donors (Lipinski definition) is 2. The molecule has 2 aliphatic heterocycles. The summed E-state index contributed by atoms with van der Waals surface area (Å²) in [6.07, 6.45) is 0.785. The lowest BCUT2D eigenvalue weighted by atomic mass is 9.68. The summed E-state index contributed by atoms with van der Waals surface area (Å²) in [5.41, 5.74) is 2.42. The lowest BCUT2D eigenvalue weighted by Crippen LogP contribution is -2.42. The highest BCUT2D eigenvalue weighted by molar-refractivity contribution is 8.00. The number of nitrogens with one attached hydrogen (secondary N) is 2. The van der Waals surface area contributed by atoms with Gasteiger partial charge in [0.15, 0.2) is 18.1 Å². The van der Waals surface area contributed by atoms with E-state index in [0.29, 0.717) is 35.0 Å². The Morgan fingerprint density at radius 1 is 0.882 bits per heavy atom. The number of hydrogen-bond acceptors (Lipinski definition) is 10. The molecule has 3 aromatic carbocycles. The first-order valence-electron chi connectivity index (χ1n) is 17.1. The Labute approximate surface area is 301 Å². The van der Waals surface area contributed by atoms with Gasteiger partial charge < -0.3 is 24.5 Å². The van der Waals surface area contributed by atoms with Gasteiger partial charge in [-0.2, -0.15) is 0 Å². The van der Waals surface area contributed by atoms with Gasteiger partial charge in [-0.25, -0.2) is 4.79 Å². The summed E-state index contributed by atoms with van der Waals surface area (Å²) in [6.45, 7) is 3.94. The van der Waals surface area contributed by atoms with Crippen LogP contribution in [0.15, 0.2) is 82.6 Å². The van der Waals surface area contributed by atoms with Crippen LogP contribution in [-0.4, -0.2) is 53.7 Å². The molecule has 3 heterocycles. The van der Waals surface area contributed by atoms with Crippen LogP contribution in [0.3, 0.4) is 0 Å². The summed E-state index contributed by atoms with van der Waals surface area (Å²) >= 11 is 2.83. The van der Waals surface area contributed by atoms with Gasteiger partial charge >= 0.3 is 10.8 Å². The van der Waals surface area contributed by atoms with E-state index in [-0.39, 0.29) is 64.7 Å². The summed E-state index contributed by atoms with van der Waals surface area (Å²) in [7, 11) is 0. The Bertz CT molecular complexity index is 2080. The quantitative estimate of drug-likeness (QED) is 0.155. The number of aromatic amines is 1. The number of esters is 1. The number of thiazole rings is 1. The van der Waals surface area contributed by atoms with Gasteiger partial charge in [-0.3, -0.25) is 24.1 Å². The van der Waals surface area contributed by atoms with Crippen LogP contribution < -0.4 is 24.6 Å². The molecule has 0 radical (unpaired) electrons. The molecule has 2 N–H and O–H groups in total. The lowest BCUT2D eigenvalue weighted by molar-refractivity contribution is -0.123. The molecule has 3 amide bonds. The lowest BCUT2D eigenvalue weighted by Gasteiger charge is -2.43. The second-order valence-electron chi connectivity index (χ2n) is 13.1. The van der Waals surface area contributed by atoms with Gasteiger partial charge in [0, 0.05) is 21.7 Å².